The van der Waals surface area contributed by atoms with Crippen LogP contribution in [0.25, 0.3) is 0 Å². The molecule has 1 heterocycles. The third kappa shape index (κ3) is 3.98. The van der Waals surface area contributed by atoms with Crippen LogP contribution >= 0.6 is 22.9 Å². The van der Waals surface area contributed by atoms with Crippen LogP contribution < -0.4 is 0 Å². The lowest BCUT2D eigenvalue weighted by molar-refractivity contribution is -0.140. The quantitative estimate of drug-likeness (QED) is 0.912. The predicted molar refractivity (Wildman–Crippen MR) is 71.8 cm³/mol. The highest BCUT2D eigenvalue weighted by Gasteiger charge is 2.29. The van der Waals surface area contributed by atoms with Crippen molar-refractivity contribution in [3.05, 3.63) is 21.3 Å². The van der Waals surface area contributed by atoms with Gasteiger partial charge in [-0.25, -0.2) is 0 Å². The summed E-state index contributed by atoms with van der Waals surface area (Å²) < 4.78 is 0.732. The summed E-state index contributed by atoms with van der Waals surface area (Å²) in [6, 6.07) is 3.85. The molecule has 3 nitrogen and oxygen atoms in total. The van der Waals surface area contributed by atoms with Crippen LogP contribution in [0.5, 0.6) is 0 Å². The van der Waals surface area contributed by atoms with Crippen LogP contribution in [0.1, 0.15) is 38.6 Å². The van der Waals surface area contributed by atoms with Crippen LogP contribution in [-0.4, -0.2) is 28.1 Å². The molecule has 0 aromatic carbocycles. The maximum absolute atomic E-state index is 10.9. The Morgan fingerprint density at radius 2 is 2.12 bits per heavy atom. The van der Waals surface area contributed by atoms with Gasteiger partial charge in [0.15, 0.2) is 0 Å². The molecule has 17 heavy (non-hydrogen) atoms. The minimum absolute atomic E-state index is 0.0280. The summed E-state index contributed by atoms with van der Waals surface area (Å²) in [6.07, 6.45) is 0. The van der Waals surface area contributed by atoms with E-state index in [1.54, 1.807) is 0 Å². The molecule has 96 valence electrons. The van der Waals surface area contributed by atoms with Crippen molar-refractivity contribution in [1.82, 2.24) is 4.90 Å². The van der Waals surface area contributed by atoms with Gasteiger partial charge >= 0.3 is 5.97 Å². The van der Waals surface area contributed by atoms with Gasteiger partial charge in [0.2, 0.25) is 0 Å². The Morgan fingerprint density at radius 1 is 1.53 bits per heavy atom. The number of hydrogen-bond donors (Lipinski definition) is 1. The van der Waals surface area contributed by atoms with Crippen molar-refractivity contribution in [2.75, 3.05) is 6.54 Å². The SMILES string of the molecule is CC(c1ccc(Cl)s1)N(CC(=O)O)C(C)(C)C. The number of hydrogen-bond acceptors (Lipinski definition) is 3. The highest BCUT2D eigenvalue weighted by molar-refractivity contribution is 7.16. The molecule has 0 radical (unpaired) electrons. The third-order valence-corrected chi connectivity index (χ3v) is 4.04. The molecule has 0 saturated heterocycles. The second kappa shape index (κ2) is 5.38. The number of halogens is 1. The van der Waals surface area contributed by atoms with Crippen molar-refractivity contribution >= 4 is 28.9 Å². The molecule has 0 saturated carbocycles. The van der Waals surface area contributed by atoms with E-state index in [9.17, 15) is 4.79 Å². The molecule has 5 heteroatoms. The fraction of sp³-hybridized carbons (Fsp3) is 0.583. The lowest BCUT2D eigenvalue weighted by Crippen LogP contribution is -2.45. The Labute approximate surface area is 111 Å². The Kier molecular flexibility index (Phi) is 4.58. The molecule has 0 aliphatic carbocycles. The smallest absolute Gasteiger partial charge is 0.317 e. The van der Waals surface area contributed by atoms with Gasteiger partial charge in [-0.05, 0) is 39.8 Å². The molecule has 0 aliphatic heterocycles. The van der Waals surface area contributed by atoms with Gasteiger partial charge < -0.3 is 5.11 Å². The number of rotatable bonds is 4. The van der Waals surface area contributed by atoms with E-state index in [2.05, 4.69) is 0 Å². The van der Waals surface area contributed by atoms with Crippen molar-refractivity contribution in [2.24, 2.45) is 0 Å². The van der Waals surface area contributed by atoms with Crippen LogP contribution in [0.15, 0.2) is 12.1 Å². The van der Waals surface area contributed by atoms with Gasteiger partial charge in [0.1, 0.15) is 0 Å². The summed E-state index contributed by atoms with van der Waals surface area (Å²) in [7, 11) is 0. The summed E-state index contributed by atoms with van der Waals surface area (Å²) in [5, 5.41) is 8.98. The molecule has 1 rings (SSSR count). The fourth-order valence-electron chi connectivity index (χ4n) is 1.81. The number of carboxylic acid groups (broad SMARTS) is 1. The van der Waals surface area contributed by atoms with Gasteiger partial charge in [-0.2, -0.15) is 0 Å². The highest BCUT2D eigenvalue weighted by Crippen LogP contribution is 2.33. The van der Waals surface area contributed by atoms with Gasteiger partial charge in [-0.3, -0.25) is 9.69 Å². The van der Waals surface area contributed by atoms with E-state index in [0.29, 0.717) is 0 Å². The normalized spacial score (nSPS) is 14.0. The molecule has 0 amide bonds. The number of nitrogens with zero attached hydrogens (tertiary/aromatic N) is 1. The maximum atomic E-state index is 10.9. The Morgan fingerprint density at radius 3 is 2.47 bits per heavy atom. The minimum atomic E-state index is -0.811. The molecule has 0 fully saturated rings. The van der Waals surface area contributed by atoms with Crippen LogP contribution in [-0.2, 0) is 4.79 Å². The third-order valence-electron chi connectivity index (χ3n) is 2.64. The molecular weight excluding hydrogens is 258 g/mol. The first-order valence-corrected chi connectivity index (χ1v) is 6.65. The van der Waals surface area contributed by atoms with Crippen LogP contribution in [0.4, 0.5) is 0 Å². The lowest BCUT2D eigenvalue weighted by atomic mass is 10.0. The molecule has 0 aliphatic rings. The average molecular weight is 276 g/mol. The zero-order valence-electron chi connectivity index (χ0n) is 10.5. The van der Waals surface area contributed by atoms with Crippen molar-refractivity contribution in [3.63, 3.8) is 0 Å². The van der Waals surface area contributed by atoms with Gasteiger partial charge in [0, 0.05) is 16.5 Å². The molecule has 1 aromatic rings. The van der Waals surface area contributed by atoms with Gasteiger partial charge in [0.25, 0.3) is 0 Å². The zero-order valence-corrected chi connectivity index (χ0v) is 12.1. The Bertz CT molecular complexity index is 397. The van der Waals surface area contributed by atoms with E-state index >= 15 is 0 Å². The van der Waals surface area contributed by atoms with Crippen LogP contribution in [0.3, 0.4) is 0 Å². The molecule has 0 bridgehead atoms. The predicted octanol–water partition coefficient (Wildman–Crippen LogP) is 3.65. The van der Waals surface area contributed by atoms with Crippen molar-refractivity contribution in [3.8, 4) is 0 Å². The van der Waals surface area contributed by atoms with E-state index in [1.807, 2.05) is 44.7 Å². The standard InChI is InChI=1S/C12H18ClNO2S/c1-8(9-5-6-10(13)17-9)14(7-11(15)16)12(2,3)4/h5-6,8H,7H2,1-4H3,(H,15,16). The van der Waals surface area contributed by atoms with Gasteiger partial charge in [-0.15, -0.1) is 11.3 Å². The number of thiophene rings is 1. The highest BCUT2D eigenvalue weighted by atomic mass is 35.5. The summed E-state index contributed by atoms with van der Waals surface area (Å²) >= 11 is 7.41. The summed E-state index contributed by atoms with van der Waals surface area (Å²) in [5.74, 6) is -0.811. The van der Waals surface area contributed by atoms with Crippen LogP contribution in [0.2, 0.25) is 4.34 Å². The summed E-state index contributed by atoms with van der Waals surface area (Å²) in [6.45, 7) is 8.08. The van der Waals surface area contributed by atoms with Gasteiger partial charge in [-0.1, -0.05) is 11.6 Å². The lowest BCUT2D eigenvalue weighted by Gasteiger charge is -2.38. The zero-order chi connectivity index (χ0) is 13.2. The van der Waals surface area contributed by atoms with Gasteiger partial charge in [0.05, 0.1) is 10.9 Å². The molecule has 1 unspecified atom stereocenters. The van der Waals surface area contributed by atoms with E-state index in [1.165, 1.54) is 11.3 Å². The van der Waals surface area contributed by atoms with E-state index in [4.69, 9.17) is 16.7 Å². The fourth-order valence-corrected chi connectivity index (χ4v) is 2.93. The maximum Gasteiger partial charge on any atom is 0.317 e. The molecule has 1 N–H and O–H groups in total. The van der Waals surface area contributed by atoms with Crippen molar-refractivity contribution < 1.29 is 9.90 Å². The average Bonchev–Trinajstić information content (AvgIpc) is 2.58. The number of carboxylic acids is 1. The second-order valence-corrected chi connectivity index (χ2v) is 6.76. The Hall–Kier alpha value is -0.580. The van der Waals surface area contributed by atoms with E-state index in [-0.39, 0.29) is 18.1 Å². The number of aliphatic carboxylic acids is 1. The monoisotopic (exact) mass is 275 g/mol. The first-order chi connectivity index (χ1) is 7.71. The molecular formula is C12H18ClNO2S. The molecule has 0 spiro atoms. The molecule has 1 aromatic heterocycles. The summed E-state index contributed by atoms with van der Waals surface area (Å²) in [5.41, 5.74) is -0.200. The topological polar surface area (TPSA) is 40.5 Å². The Balaban J connectivity index is 2.94. The van der Waals surface area contributed by atoms with Crippen LogP contribution in [0, 0.1) is 0 Å². The van der Waals surface area contributed by atoms with Crippen molar-refractivity contribution in [1.29, 1.82) is 0 Å². The second-order valence-electron chi connectivity index (χ2n) is 5.01. The van der Waals surface area contributed by atoms with Crippen molar-refractivity contribution in [2.45, 2.75) is 39.3 Å². The minimum Gasteiger partial charge on any atom is -0.480 e. The molecule has 1 atom stereocenters. The largest absolute Gasteiger partial charge is 0.480 e. The van der Waals surface area contributed by atoms with E-state index < -0.39 is 5.97 Å². The number of carbonyl (C=O) groups is 1. The first-order valence-electron chi connectivity index (χ1n) is 5.45. The first kappa shape index (κ1) is 14.5. The van der Waals surface area contributed by atoms with E-state index in [0.717, 1.165) is 9.21 Å². The summed E-state index contributed by atoms with van der Waals surface area (Å²) in [4.78, 5) is 14.0.